The van der Waals surface area contributed by atoms with E-state index in [2.05, 4.69) is 18.7 Å². The number of esters is 1. The molecule has 0 spiro atoms. The summed E-state index contributed by atoms with van der Waals surface area (Å²) in [6.07, 6.45) is 8.51. The summed E-state index contributed by atoms with van der Waals surface area (Å²) in [6, 6.07) is 20.2. The van der Waals surface area contributed by atoms with Crippen LogP contribution in [0.15, 0.2) is 91.0 Å². The van der Waals surface area contributed by atoms with Crippen molar-refractivity contribution in [2.45, 2.75) is 19.3 Å². The number of rotatable bonds is 7. The highest BCUT2D eigenvalue weighted by Crippen LogP contribution is 2.61. The topological polar surface area (TPSA) is 26.3 Å². The molecule has 0 N–H and O–H groups in total. The molecule has 26 heavy (non-hydrogen) atoms. The fraction of sp³-hybridized carbons (Fsp3) is 0.208. The second-order valence-corrected chi connectivity index (χ2v) is 6.80. The van der Waals surface area contributed by atoms with Crippen LogP contribution < -0.4 is 0 Å². The van der Waals surface area contributed by atoms with Crippen LogP contribution in [0.4, 0.5) is 0 Å². The van der Waals surface area contributed by atoms with Gasteiger partial charge in [-0.05, 0) is 30.5 Å². The van der Waals surface area contributed by atoms with Gasteiger partial charge in [0.25, 0.3) is 0 Å². The minimum absolute atomic E-state index is 0.162. The molecule has 1 aliphatic rings. The molecule has 2 heteroatoms. The average molecular weight is 344 g/mol. The number of ether oxygens (including phenoxy) is 1. The molecular formula is C24H24O2. The van der Waals surface area contributed by atoms with E-state index in [1.54, 1.807) is 0 Å². The Bertz CT molecular complexity index is 818. The van der Waals surface area contributed by atoms with E-state index < -0.39 is 5.41 Å². The summed E-state index contributed by atoms with van der Waals surface area (Å²) in [6.45, 7) is 5.99. The van der Waals surface area contributed by atoms with Gasteiger partial charge in [0.05, 0.1) is 5.41 Å². The Morgan fingerprint density at radius 1 is 1.15 bits per heavy atom. The zero-order valence-electron chi connectivity index (χ0n) is 15.1. The van der Waals surface area contributed by atoms with E-state index in [-0.39, 0.29) is 18.5 Å². The average Bonchev–Trinajstić information content (AvgIpc) is 3.41. The molecule has 1 aliphatic carbocycles. The third-order valence-corrected chi connectivity index (χ3v) is 4.67. The maximum Gasteiger partial charge on any atom is 0.316 e. The van der Waals surface area contributed by atoms with Crippen LogP contribution in [0.3, 0.4) is 0 Å². The molecule has 3 rings (SSSR count). The summed E-state index contributed by atoms with van der Waals surface area (Å²) >= 11 is 0. The smallest absolute Gasteiger partial charge is 0.316 e. The normalized spacial score (nSPS) is 21.8. The van der Waals surface area contributed by atoms with Gasteiger partial charge in [-0.2, -0.15) is 0 Å². The number of carbonyl (C=O) groups is 1. The fourth-order valence-electron chi connectivity index (χ4n) is 3.17. The fourth-order valence-corrected chi connectivity index (χ4v) is 3.17. The zero-order chi connectivity index (χ0) is 18.4. The van der Waals surface area contributed by atoms with E-state index in [1.165, 1.54) is 5.56 Å². The Balaban J connectivity index is 1.78. The Labute approximate surface area is 155 Å². The highest BCUT2D eigenvalue weighted by Gasteiger charge is 2.59. The van der Waals surface area contributed by atoms with Crippen molar-refractivity contribution in [2.75, 3.05) is 6.61 Å². The first kappa shape index (κ1) is 17.9. The molecule has 1 saturated carbocycles. The highest BCUT2D eigenvalue weighted by molar-refractivity contribution is 5.86. The molecule has 2 nitrogen and oxygen atoms in total. The molecule has 2 atom stereocenters. The van der Waals surface area contributed by atoms with E-state index in [9.17, 15) is 4.79 Å². The molecule has 1 fully saturated rings. The Hall–Kier alpha value is -2.87. The van der Waals surface area contributed by atoms with Crippen molar-refractivity contribution in [3.8, 4) is 0 Å². The van der Waals surface area contributed by atoms with Gasteiger partial charge >= 0.3 is 5.97 Å². The van der Waals surface area contributed by atoms with Crippen molar-refractivity contribution in [2.24, 2.45) is 5.41 Å². The monoisotopic (exact) mass is 344 g/mol. The van der Waals surface area contributed by atoms with Crippen molar-refractivity contribution in [1.82, 2.24) is 0 Å². The Kier molecular flexibility index (Phi) is 5.52. The Morgan fingerprint density at radius 3 is 2.46 bits per heavy atom. The second kappa shape index (κ2) is 8.01. The lowest BCUT2D eigenvalue weighted by Gasteiger charge is -2.12. The standard InChI is InChI=1S/C24H24O2/c1-19(2)10-9-17-26-23(25)24(16-15-20-11-5-3-6-12-20)18-22(24)21-13-7-4-8-14-21/h3-16,22H,1,17-18H2,2H3/b10-9-,16-15+/t22-,24+/m0/s1. The van der Waals surface area contributed by atoms with Crippen molar-refractivity contribution in [1.29, 1.82) is 0 Å². The first-order valence-corrected chi connectivity index (χ1v) is 8.90. The van der Waals surface area contributed by atoms with Gasteiger partial charge in [0.1, 0.15) is 6.61 Å². The number of carbonyl (C=O) groups excluding carboxylic acids is 1. The molecule has 0 unspecified atom stereocenters. The van der Waals surface area contributed by atoms with E-state index in [4.69, 9.17) is 4.74 Å². The zero-order valence-corrected chi connectivity index (χ0v) is 15.1. The molecule has 0 heterocycles. The van der Waals surface area contributed by atoms with Crippen molar-refractivity contribution in [3.63, 3.8) is 0 Å². The summed E-state index contributed by atoms with van der Waals surface area (Å²) in [5.74, 6) is 0.00572. The molecule has 2 aromatic carbocycles. The van der Waals surface area contributed by atoms with Crippen LogP contribution in [-0.2, 0) is 9.53 Å². The SMILES string of the molecule is C=C(C)/C=C\COC(=O)[C@]1(/C=C/c2ccccc2)C[C@H]1c1ccccc1. The van der Waals surface area contributed by atoms with Crippen LogP contribution in [0.1, 0.15) is 30.4 Å². The molecule has 0 radical (unpaired) electrons. The molecular weight excluding hydrogens is 320 g/mol. The minimum Gasteiger partial charge on any atom is -0.461 e. The predicted molar refractivity (Wildman–Crippen MR) is 107 cm³/mol. The van der Waals surface area contributed by atoms with Crippen LogP contribution in [0.5, 0.6) is 0 Å². The van der Waals surface area contributed by atoms with Gasteiger partial charge in [0.2, 0.25) is 0 Å². The number of hydrogen-bond acceptors (Lipinski definition) is 2. The molecule has 2 aromatic rings. The summed E-state index contributed by atoms with van der Waals surface area (Å²) in [4.78, 5) is 12.8. The summed E-state index contributed by atoms with van der Waals surface area (Å²) in [7, 11) is 0. The molecule has 0 aliphatic heterocycles. The van der Waals surface area contributed by atoms with Gasteiger partial charge in [-0.15, -0.1) is 0 Å². The highest BCUT2D eigenvalue weighted by atomic mass is 16.5. The van der Waals surface area contributed by atoms with Crippen LogP contribution in [0.25, 0.3) is 6.08 Å². The lowest BCUT2D eigenvalue weighted by Crippen LogP contribution is -2.19. The number of benzene rings is 2. The maximum absolute atomic E-state index is 12.8. The quantitative estimate of drug-likeness (QED) is 0.486. The lowest BCUT2D eigenvalue weighted by atomic mass is 9.97. The van der Waals surface area contributed by atoms with Gasteiger partial charge in [0, 0.05) is 5.92 Å². The molecule has 132 valence electrons. The van der Waals surface area contributed by atoms with Crippen molar-refractivity contribution < 1.29 is 9.53 Å². The minimum atomic E-state index is -0.575. The van der Waals surface area contributed by atoms with Crippen LogP contribution >= 0.6 is 0 Å². The molecule has 0 bridgehead atoms. The van der Waals surface area contributed by atoms with Crippen LogP contribution in [0, 0.1) is 5.41 Å². The summed E-state index contributed by atoms with van der Waals surface area (Å²) in [5, 5.41) is 0. The van der Waals surface area contributed by atoms with Crippen LogP contribution in [-0.4, -0.2) is 12.6 Å². The van der Waals surface area contributed by atoms with E-state index in [0.717, 1.165) is 17.6 Å². The molecule has 0 aromatic heterocycles. The molecule has 0 amide bonds. The largest absolute Gasteiger partial charge is 0.461 e. The van der Waals surface area contributed by atoms with Gasteiger partial charge < -0.3 is 4.74 Å². The lowest BCUT2D eigenvalue weighted by molar-refractivity contribution is -0.147. The number of hydrogen-bond donors (Lipinski definition) is 0. The Morgan fingerprint density at radius 2 is 1.81 bits per heavy atom. The third-order valence-electron chi connectivity index (χ3n) is 4.67. The van der Waals surface area contributed by atoms with Gasteiger partial charge in [0.15, 0.2) is 0 Å². The van der Waals surface area contributed by atoms with E-state index in [1.807, 2.05) is 79.8 Å². The van der Waals surface area contributed by atoms with E-state index in [0.29, 0.717) is 0 Å². The third kappa shape index (κ3) is 4.20. The number of allylic oxidation sites excluding steroid dienone is 2. The van der Waals surface area contributed by atoms with Crippen LogP contribution in [0.2, 0.25) is 0 Å². The summed E-state index contributed by atoms with van der Waals surface area (Å²) in [5.41, 5.74) is 2.63. The first-order valence-electron chi connectivity index (χ1n) is 8.90. The first-order chi connectivity index (χ1) is 12.6. The van der Waals surface area contributed by atoms with Crippen molar-refractivity contribution >= 4 is 12.0 Å². The van der Waals surface area contributed by atoms with E-state index >= 15 is 0 Å². The molecule has 0 saturated heterocycles. The van der Waals surface area contributed by atoms with Crippen molar-refractivity contribution in [3.05, 3.63) is 102 Å². The predicted octanol–water partition coefficient (Wildman–Crippen LogP) is 5.55. The second-order valence-electron chi connectivity index (χ2n) is 6.80. The van der Waals surface area contributed by atoms with Gasteiger partial charge in [-0.25, -0.2) is 0 Å². The maximum atomic E-state index is 12.8. The van der Waals surface area contributed by atoms with Gasteiger partial charge in [-0.3, -0.25) is 4.79 Å². The van der Waals surface area contributed by atoms with Gasteiger partial charge in [-0.1, -0.05) is 91.0 Å². The summed E-state index contributed by atoms with van der Waals surface area (Å²) < 4.78 is 5.54.